The van der Waals surface area contributed by atoms with E-state index in [9.17, 15) is 9.59 Å². The zero-order valence-electron chi connectivity index (χ0n) is 11.2. The Morgan fingerprint density at radius 3 is 2.64 bits per heavy atom. The van der Waals surface area contributed by atoms with Gasteiger partial charge < -0.3 is 4.74 Å². The van der Waals surface area contributed by atoms with E-state index in [2.05, 4.69) is 14.7 Å². The molecule has 0 amide bonds. The first kappa shape index (κ1) is 18.3. The summed E-state index contributed by atoms with van der Waals surface area (Å²) in [5.41, 5.74) is 1.72. The molecule has 2 N–H and O–H groups in total. The molecule has 0 unspecified atom stereocenters. The Morgan fingerprint density at radius 2 is 2.09 bits per heavy atom. The fourth-order valence-corrected chi connectivity index (χ4v) is 1.78. The van der Waals surface area contributed by atoms with E-state index in [1.54, 1.807) is 12.1 Å². The minimum atomic E-state index is -3.29. The van der Waals surface area contributed by atoms with Crippen LogP contribution in [0.2, 0.25) is 5.02 Å². The molecule has 1 aromatic carbocycles. The summed E-state index contributed by atoms with van der Waals surface area (Å²) in [5.74, 6) is -0.428. The first-order valence-corrected chi connectivity index (χ1v) is 8.26. The second-order valence-corrected chi connectivity index (χ2v) is 5.17. The molecule has 2 aromatic rings. The zero-order chi connectivity index (χ0) is 16.7. The summed E-state index contributed by atoms with van der Waals surface area (Å²) in [4.78, 5) is 30.2. The van der Waals surface area contributed by atoms with Crippen LogP contribution in [-0.2, 0) is 19.8 Å². The molecule has 10 heteroatoms. The van der Waals surface area contributed by atoms with Crippen LogP contribution in [0.15, 0.2) is 18.3 Å². The van der Waals surface area contributed by atoms with Crippen molar-refractivity contribution in [1.82, 2.24) is 9.97 Å². The summed E-state index contributed by atoms with van der Waals surface area (Å²) in [6.45, 7) is 0. The van der Waals surface area contributed by atoms with Crippen LogP contribution in [0, 0.1) is 0 Å². The Bertz CT molecular complexity index is 720. The quantitative estimate of drug-likeness (QED) is 0.430. The standard InChI is InChI=1S/C12H9ClN2O3.H2O3Se/c1-18-11(17)4-8-9(13)2-3-10-12(8)15-7(6-16)5-14-10;1-4(2)3/h2-3,5-6H,4H2,1H3;(H2,1,2,3). The molecule has 0 atom stereocenters. The van der Waals surface area contributed by atoms with Crippen LogP contribution in [0.1, 0.15) is 16.1 Å². The van der Waals surface area contributed by atoms with Gasteiger partial charge in [-0.1, -0.05) is 11.6 Å². The molecule has 2 rings (SSSR count). The molecule has 0 aliphatic heterocycles. The maximum atomic E-state index is 11.3. The number of ether oxygens (including phenoxy) is 1. The number of nitrogens with zero attached hydrogens (tertiary/aromatic N) is 2. The van der Waals surface area contributed by atoms with Gasteiger partial charge in [0.25, 0.3) is 0 Å². The van der Waals surface area contributed by atoms with Gasteiger partial charge in [0.2, 0.25) is 0 Å². The van der Waals surface area contributed by atoms with E-state index in [0.717, 1.165) is 0 Å². The number of carbonyl (C=O) groups excluding carboxylic acids is 2. The molecule has 0 radical (unpaired) electrons. The van der Waals surface area contributed by atoms with Gasteiger partial charge in [0.05, 0.1) is 30.8 Å². The number of halogens is 1. The van der Waals surface area contributed by atoms with Gasteiger partial charge in [0.15, 0.2) is 6.29 Å². The molecule has 1 aromatic heterocycles. The van der Waals surface area contributed by atoms with Gasteiger partial charge in [0.1, 0.15) is 5.69 Å². The minimum absolute atomic E-state index is 0.0103. The van der Waals surface area contributed by atoms with E-state index in [4.69, 9.17) is 23.8 Å². The van der Waals surface area contributed by atoms with Crippen LogP contribution >= 0.6 is 11.6 Å². The van der Waals surface area contributed by atoms with E-state index in [-0.39, 0.29) is 12.1 Å². The topological polar surface area (TPSA) is 127 Å². The van der Waals surface area contributed by atoms with Crippen LogP contribution in [-0.4, -0.2) is 52.2 Å². The summed E-state index contributed by atoms with van der Waals surface area (Å²) in [6, 6.07) is 3.32. The van der Waals surface area contributed by atoms with Crippen molar-refractivity contribution in [2.75, 3.05) is 7.11 Å². The third-order valence-electron chi connectivity index (χ3n) is 2.45. The van der Waals surface area contributed by atoms with Gasteiger partial charge in [-0.3, -0.25) is 14.6 Å². The normalized spacial score (nSPS) is 10.0. The first-order valence-electron chi connectivity index (χ1n) is 5.65. The van der Waals surface area contributed by atoms with Crippen molar-refractivity contribution >= 4 is 49.4 Å². The predicted octanol–water partition coefficient (Wildman–Crippen LogP) is 0.198. The second-order valence-electron chi connectivity index (χ2n) is 3.79. The van der Waals surface area contributed by atoms with E-state index in [1.165, 1.54) is 13.3 Å². The monoisotopic (exact) mass is 394 g/mol. The average molecular weight is 394 g/mol. The third-order valence-corrected chi connectivity index (χ3v) is 2.80. The number of aromatic nitrogens is 2. The number of hydrogen-bond acceptors (Lipinski definition) is 6. The third kappa shape index (κ3) is 5.21. The number of methoxy groups -OCH3 is 1. The summed E-state index contributed by atoms with van der Waals surface area (Å²) in [7, 11) is 1.30. The van der Waals surface area contributed by atoms with Crippen molar-refractivity contribution < 1.29 is 26.5 Å². The van der Waals surface area contributed by atoms with Gasteiger partial charge in [-0.2, -0.15) is 0 Å². The van der Waals surface area contributed by atoms with Crippen molar-refractivity contribution in [2.45, 2.75) is 6.42 Å². The number of carbonyl (C=O) groups is 2. The van der Waals surface area contributed by atoms with Gasteiger partial charge >= 0.3 is 32.7 Å². The van der Waals surface area contributed by atoms with E-state index < -0.39 is 20.5 Å². The summed E-state index contributed by atoms with van der Waals surface area (Å²) in [5, 5.41) is 0.394. The summed E-state index contributed by atoms with van der Waals surface area (Å²) in [6.07, 6.45) is 1.95. The molecule has 8 nitrogen and oxygen atoms in total. The Labute approximate surface area is 134 Å². The summed E-state index contributed by atoms with van der Waals surface area (Å²) < 4.78 is 27.7. The van der Waals surface area contributed by atoms with Gasteiger partial charge in [-0.05, 0) is 12.1 Å². The maximum absolute atomic E-state index is 11.3. The summed E-state index contributed by atoms with van der Waals surface area (Å²) >= 11 is 2.74. The molecule has 0 spiro atoms. The van der Waals surface area contributed by atoms with E-state index in [0.29, 0.717) is 27.9 Å². The van der Waals surface area contributed by atoms with E-state index >= 15 is 0 Å². The molecule has 118 valence electrons. The first-order chi connectivity index (χ1) is 10.4. The van der Waals surface area contributed by atoms with Gasteiger partial charge in [-0.15, -0.1) is 0 Å². The van der Waals surface area contributed by atoms with Crippen molar-refractivity contribution in [1.29, 1.82) is 0 Å². The van der Waals surface area contributed by atoms with Crippen LogP contribution in [0.25, 0.3) is 11.0 Å². The Balaban J connectivity index is 0.000000541. The zero-order valence-corrected chi connectivity index (χ0v) is 13.7. The van der Waals surface area contributed by atoms with Crippen LogP contribution in [0.5, 0.6) is 0 Å². The van der Waals surface area contributed by atoms with Crippen molar-refractivity contribution in [3.8, 4) is 0 Å². The van der Waals surface area contributed by atoms with Crippen LogP contribution in [0.4, 0.5) is 0 Å². The number of benzene rings is 1. The van der Waals surface area contributed by atoms with Crippen molar-refractivity contribution in [3.05, 3.63) is 34.6 Å². The Hall–Kier alpha value is -1.77. The fourth-order valence-electron chi connectivity index (χ4n) is 1.56. The van der Waals surface area contributed by atoms with Gasteiger partial charge in [-0.25, -0.2) is 4.98 Å². The molecular weight excluding hydrogens is 383 g/mol. The molecule has 22 heavy (non-hydrogen) atoms. The average Bonchev–Trinajstić information content (AvgIpc) is 2.48. The Kier molecular flexibility index (Phi) is 7.16. The predicted molar refractivity (Wildman–Crippen MR) is 76.5 cm³/mol. The number of esters is 1. The molecule has 1 heterocycles. The molecule has 0 saturated heterocycles. The SMILES string of the molecule is COC(=O)Cc1c(Cl)ccc2ncc(C=O)nc12.O=[Se](O)O. The molecular formula is C12H11ClN2O6Se. The number of aldehydes is 1. The second kappa shape index (κ2) is 8.62. The van der Waals surface area contributed by atoms with Crippen LogP contribution < -0.4 is 0 Å². The number of hydrogen-bond donors (Lipinski definition) is 2. The number of fused-ring (bicyclic) bond motifs is 1. The van der Waals surface area contributed by atoms with E-state index in [1.807, 2.05) is 0 Å². The molecule has 0 fully saturated rings. The molecule has 0 saturated carbocycles. The van der Waals surface area contributed by atoms with Crippen molar-refractivity contribution in [2.24, 2.45) is 0 Å². The van der Waals surface area contributed by atoms with Crippen LogP contribution in [0.3, 0.4) is 0 Å². The van der Waals surface area contributed by atoms with Crippen molar-refractivity contribution in [3.63, 3.8) is 0 Å². The molecule has 0 bridgehead atoms. The molecule has 0 aliphatic rings. The molecule has 0 aliphatic carbocycles. The fraction of sp³-hybridized carbons (Fsp3) is 0.167. The van der Waals surface area contributed by atoms with Gasteiger partial charge in [0, 0.05) is 10.6 Å². The number of rotatable bonds is 3. The Morgan fingerprint density at radius 1 is 1.45 bits per heavy atom.